The van der Waals surface area contributed by atoms with Gasteiger partial charge in [-0.2, -0.15) is 0 Å². The van der Waals surface area contributed by atoms with Crippen molar-refractivity contribution in [1.29, 1.82) is 0 Å². The number of phenolic OH excluding ortho intramolecular Hbond substituents is 1. The molecule has 0 fully saturated rings. The number of phenols is 1. The molecule has 0 heterocycles. The summed E-state index contributed by atoms with van der Waals surface area (Å²) >= 11 is 0. The Bertz CT molecular complexity index is 448. The molecule has 0 aliphatic carbocycles. The Morgan fingerprint density at radius 1 is 1.47 bits per heavy atom. The monoisotopic (exact) mass is 238 g/mol. The van der Waals surface area contributed by atoms with Crippen molar-refractivity contribution in [3.63, 3.8) is 0 Å². The van der Waals surface area contributed by atoms with Crippen LogP contribution in [0.2, 0.25) is 0 Å². The predicted octanol–water partition coefficient (Wildman–Crippen LogP) is 1.55. The standard InChI is InChI=1S/C12H14O5/c1-7(13)11-8(4-6-10(15)16)3-5-9(14)12(11)17-2/h3-7,13-14H,1-2H3,(H,15,16). The number of aliphatic carboxylic acids is 1. The second-order valence-corrected chi connectivity index (χ2v) is 3.47. The number of hydrogen-bond acceptors (Lipinski definition) is 4. The number of aliphatic hydroxyl groups is 1. The van der Waals surface area contributed by atoms with Crippen LogP contribution in [0.25, 0.3) is 6.08 Å². The first-order valence-electron chi connectivity index (χ1n) is 4.96. The smallest absolute Gasteiger partial charge is 0.328 e. The van der Waals surface area contributed by atoms with E-state index in [1.165, 1.54) is 32.2 Å². The first-order valence-corrected chi connectivity index (χ1v) is 4.96. The highest BCUT2D eigenvalue weighted by molar-refractivity contribution is 5.86. The van der Waals surface area contributed by atoms with Crippen LogP contribution in [0.3, 0.4) is 0 Å². The lowest BCUT2D eigenvalue weighted by Crippen LogP contribution is -2.00. The molecule has 0 amide bonds. The van der Waals surface area contributed by atoms with Gasteiger partial charge in [-0.05, 0) is 24.6 Å². The topological polar surface area (TPSA) is 87.0 Å². The Hall–Kier alpha value is -2.01. The van der Waals surface area contributed by atoms with Crippen LogP contribution in [-0.4, -0.2) is 28.4 Å². The lowest BCUT2D eigenvalue weighted by atomic mass is 10.0. The van der Waals surface area contributed by atoms with Crippen molar-refractivity contribution in [3.8, 4) is 11.5 Å². The molecule has 0 saturated carbocycles. The zero-order valence-electron chi connectivity index (χ0n) is 9.54. The lowest BCUT2D eigenvalue weighted by molar-refractivity contribution is -0.131. The highest BCUT2D eigenvalue weighted by atomic mass is 16.5. The molecule has 3 N–H and O–H groups in total. The Morgan fingerprint density at radius 3 is 2.59 bits per heavy atom. The summed E-state index contributed by atoms with van der Waals surface area (Å²) in [6, 6.07) is 2.89. The van der Waals surface area contributed by atoms with Gasteiger partial charge in [0, 0.05) is 11.6 Å². The zero-order chi connectivity index (χ0) is 13.0. The van der Waals surface area contributed by atoms with E-state index in [1.54, 1.807) is 0 Å². The molecule has 0 spiro atoms. The molecular formula is C12H14O5. The number of rotatable bonds is 4. The van der Waals surface area contributed by atoms with Gasteiger partial charge in [0.15, 0.2) is 11.5 Å². The number of aliphatic hydroxyl groups excluding tert-OH is 1. The summed E-state index contributed by atoms with van der Waals surface area (Å²) in [6.45, 7) is 1.51. The Labute approximate surface area is 98.6 Å². The second kappa shape index (κ2) is 5.36. The SMILES string of the molecule is COc1c(O)ccc(C=CC(=O)O)c1C(C)O. The molecule has 1 aromatic rings. The Morgan fingerprint density at radius 2 is 2.12 bits per heavy atom. The van der Waals surface area contributed by atoms with Crippen LogP contribution >= 0.6 is 0 Å². The van der Waals surface area contributed by atoms with Crippen LogP contribution in [0.5, 0.6) is 11.5 Å². The molecule has 1 aromatic carbocycles. The van der Waals surface area contributed by atoms with Gasteiger partial charge in [-0.25, -0.2) is 4.79 Å². The van der Waals surface area contributed by atoms with Crippen molar-refractivity contribution >= 4 is 12.0 Å². The fraction of sp³-hybridized carbons (Fsp3) is 0.250. The van der Waals surface area contributed by atoms with Crippen LogP contribution in [0, 0.1) is 0 Å². The van der Waals surface area contributed by atoms with E-state index in [9.17, 15) is 15.0 Å². The maximum atomic E-state index is 10.4. The molecule has 1 atom stereocenters. The lowest BCUT2D eigenvalue weighted by Gasteiger charge is -2.15. The number of hydrogen-bond donors (Lipinski definition) is 3. The fourth-order valence-electron chi connectivity index (χ4n) is 1.56. The maximum absolute atomic E-state index is 10.4. The van der Waals surface area contributed by atoms with Gasteiger partial charge >= 0.3 is 5.97 Å². The summed E-state index contributed by atoms with van der Waals surface area (Å²) in [7, 11) is 1.37. The third-order valence-corrected chi connectivity index (χ3v) is 2.24. The first-order chi connectivity index (χ1) is 7.97. The van der Waals surface area contributed by atoms with E-state index in [2.05, 4.69) is 0 Å². The van der Waals surface area contributed by atoms with Crippen molar-refractivity contribution in [2.75, 3.05) is 7.11 Å². The van der Waals surface area contributed by atoms with Crippen molar-refractivity contribution in [2.24, 2.45) is 0 Å². The van der Waals surface area contributed by atoms with E-state index in [-0.39, 0.29) is 11.5 Å². The minimum atomic E-state index is -1.09. The number of ether oxygens (including phenoxy) is 1. The van der Waals surface area contributed by atoms with Crippen molar-refractivity contribution in [2.45, 2.75) is 13.0 Å². The molecule has 0 aliphatic rings. The number of carbonyl (C=O) groups is 1. The van der Waals surface area contributed by atoms with Gasteiger partial charge in [-0.1, -0.05) is 6.07 Å². The third-order valence-electron chi connectivity index (χ3n) is 2.24. The molecule has 92 valence electrons. The molecule has 5 heteroatoms. The summed E-state index contributed by atoms with van der Waals surface area (Å²) in [5.41, 5.74) is 0.835. The number of carboxylic acids is 1. The van der Waals surface area contributed by atoms with E-state index in [0.717, 1.165) is 6.08 Å². The minimum Gasteiger partial charge on any atom is -0.504 e. The molecule has 17 heavy (non-hydrogen) atoms. The Balaban J connectivity index is 3.35. The highest BCUT2D eigenvalue weighted by Gasteiger charge is 2.16. The summed E-state index contributed by atoms with van der Waals surface area (Å²) in [6.07, 6.45) is 1.41. The molecule has 0 saturated heterocycles. The molecule has 0 aliphatic heterocycles. The van der Waals surface area contributed by atoms with Gasteiger partial charge in [0.05, 0.1) is 13.2 Å². The van der Waals surface area contributed by atoms with Crippen LogP contribution < -0.4 is 4.74 Å². The van der Waals surface area contributed by atoms with Crippen LogP contribution in [0.4, 0.5) is 0 Å². The van der Waals surface area contributed by atoms with Gasteiger partial charge in [0.2, 0.25) is 0 Å². The number of methoxy groups -OCH3 is 1. The van der Waals surface area contributed by atoms with Gasteiger partial charge in [-0.3, -0.25) is 0 Å². The van der Waals surface area contributed by atoms with Crippen molar-refractivity contribution in [3.05, 3.63) is 29.3 Å². The number of benzene rings is 1. The maximum Gasteiger partial charge on any atom is 0.328 e. The van der Waals surface area contributed by atoms with Crippen LogP contribution in [0.15, 0.2) is 18.2 Å². The normalized spacial score (nSPS) is 12.6. The van der Waals surface area contributed by atoms with Gasteiger partial charge in [0.1, 0.15) is 0 Å². The molecule has 1 rings (SSSR count). The summed E-state index contributed by atoms with van der Waals surface area (Å²) in [4.78, 5) is 10.4. The minimum absolute atomic E-state index is 0.101. The first kappa shape index (κ1) is 13.1. The van der Waals surface area contributed by atoms with E-state index in [1.807, 2.05) is 0 Å². The number of carboxylic acid groups (broad SMARTS) is 1. The highest BCUT2D eigenvalue weighted by Crippen LogP contribution is 2.37. The largest absolute Gasteiger partial charge is 0.504 e. The predicted molar refractivity (Wildman–Crippen MR) is 62.0 cm³/mol. The quantitative estimate of drug-likeness (QED) is 0.693. The molecule has 0 radical (unpaired) electrons. The summed E-state index contributed by atoms with van der Waals surface area (Å²) < 4.78 is 4.99. The Kier molecular flexibility index (Phi) is 4.12. The molecule has 5 nitrogen and oxygen atoms in total. The zero-order valence-corrected chi connectivity index (χ0v) is 9.54. The second-order valence-electron chi connectivity index (χ2n) is 3.47. The van der Waals surface area contributed by atoms with Crippen LogP contribution in [0.1, 0.15) is 24.2 Å². The summed E-state index contributed by atoms with van der Waals surface area (Å²) in [5.74, 6) is -1.04. The van der Waals surface area contributed by atoms with Gasteiger partial charge in [0.25, 0.3) is 0 Å². The van der Waals surface area contributed by atoms with E-state index < -0.39 is 12.1 Å². The molecule has 0 aromatic heterocycles. The molecule has 1 unspecified atom stereocenters. The van der Waals surface area contributed by atoms with E-state index in [0.29, 0.717) is 11.1 Å². The van der Waals surface area contributed by atoms with E-state index >= 15 is 0 Å². The average molecular weight is 238 g/mol. The molecule has 0 bridgehead atoms. The van der Waals surface area contributed by atoms with Crippen molar-refractivity contribution < 1.29 is 24.9 Å². The number of aromatic hydroxyl groups is 1. The summed E-state index contributed by atoms with van der Waals surface area (Å²) in [5, 5.41) is 27.8. The van der Waals surface area contributed by atoms with Gasteiger partial charge < -0.3 is 20.1 Å². The van der Waals surface area contributed by atoms with Crippen molar-refractivity contribution in [1.82, 2.24) is 0 Å². The molecular weight excluding hydrogens is 224 g/mol. The third kappa shape index (κ3) is 2.98. The van der Waals surface area contributed by atoms with Gasteiger partial charge in [-0.15, -0.1) is 0 Å². The fourth-order valence-corrected chi connectivity index (χ4v) is 1.56. The average Bonchev–Trinajstić information content (AvgIpc) is 2.26. The van der Waals surface area contributed by atoms with Crippen LogP contribution in [-0.2, 0) is 4.79 Å². The van der Waals surface area contributed by atoms with E-state index in [4.69, 9.17) is 9.84 Å².